The van der Waals surface area contributed by atoms with Gasteiger partial charge in [-0.1, -0.05) is 40.2 Å². The Morgan fingerprint density at radius 1 is 1.08 bits per heavy atom. The molecule has 0 saturated carbocycles. The second kappa shape index (κ2) is 14.1. The number of rotatable bonds is 11. The first-order chi connectivity index (χ1) is 17.8. The molecule has 3 aromatic carbocycles. The number of ether oxygens (including phenoxy) is 2. The molecule has 194 valence electrons. The van der Waals surface area contributed by atoms with Crippen molar-refractivity contribution in [1.82, 2.24) is 0 Å². The molecule has 0 saturated heterocycles. The van der Waals surface area contributed by atoms with E-state index >= 15 is 0 Å². The van der Waals surface area contributed by atoms with Gasteiger partial charge in [0.1, 0.15) is 17.6 Å². The van der Waals surface area contributed by atoms with Crippen LogP contribution in [0.3, 0.4) is 0 Å². The highest BCUT2D eigenvalue weighted by Gasteiger charge is 2.32. The Bertz CT molecular complexity index is 1240. The monoisotopic (exact) mass is 649 g/mol. The number of carbonyl (C=O) groups is 2. The predicted octanol–water partition coefficient (Wildman–Crippen LogP) is 7.80. The van der Waals surface area contributed by atoms with Gasteiger partial charge in [-0.25, -0.2) is 9.59 Å². The lowest BCUT2D eigenvalue weighted by Gasteiger charge is -2.29. The fourth-order valence-corrected chi connectivity index (χ4v) is 5.14. The van der Waals surface area contributed by atoms with Crippen LogP contribution in [-0.4, -0.2) is 34.6 Å². The lowest BCUT2D eigenvalue weighted by molar-refractivity contribution is -0.131. The molecule has 0 aliphatic heterocycles. The molecule has 0 aliphatic rings. The minimum absolute atomic E-state index is 0.104. The van der Waals surface area contributed by atoms with Gasteiger partial charge in [0, 0.05) is 26.7 Å². The molecule has 0 heterocycles. The Labute approximate surface area is 236 Å². The average Bonchev–Trinajstić information content (AvgIpc) is 2.87. The van der Waals surface area contributed by atoms with Gasteiger partial charge in [-0.15, -0.1) is 11.8 Å². The first-order valence-corrected chi connectivity index (χ1v) is 14.0. The van der Waals surface area contributed by atoms with Gasteiger partial charge in [-0.05, 0) is 83.6 Å². The number of para-hydroxylation sites is 1. The zero-order chi connectivity index (χ0) is 26.8. The first kappa shape index (κ1) is 28.6. The molecular weight excluding hydrogens is 626 g/mol. The number of hydrogen-bond donors (Lipinski definition) is 3. The number of halogens is 2. The number of phenols is 1. The average molecular weight is 651 g/mol. The van der Waals surface area contributed by atoms with E-state index in [4.69, 9.17) is 14.6 Å². The Hall–Kier alpha value is -2.95. The molecule has 37 heavy (non-hydrogen) atoms. The molecule has 0 unspecified atom stereocenters. The minimum atomic E-state index is -1.06. The number of benzene rings is 3. The SMILES string of the molecule is CSc1ccc(NC(=O)O[C@H](c2cc(Br)cc(Br)c2O)[C@@H](CC/C=C/C(=O)O)Oc2ccccc2)cc1. The van der Waals surface area contributed by atoms with Crippen molar-refractivity contribution in [2.24, 2.45) is 0 Å². The molecule has 3 rings (SSSR count). The normalized spacial score (nSPS) is 12.6. The Kier molecular flexibility index (Phi) is 10.9. The Balaban J connectivity index is 1.95. The fourth-order valence-electron chi connectivity index (χ4n) is 3.47. The zero-order valence-corrected chi connectivity index (χ0v) is 23.8. The van der Waals surface area contributed by atoms with E-state index < -0.39 is 24.3 Å². The van der Waals surface area contributed by atoms with E-state index in [9.17, 15) is 14.7 Å². The van der Waals surface area contributed by atoms with Crippen molar-refractivity contribution in [3.05, 3.63) is 93.4 Å². The Morgan fingerprint density at radius 2 is 1.78 bits per heavy atom. The van der Waals surface area contributed by atoms with Crippen LogP contribution in [0.1, 0.15) is 24.5 Å². The van der Waals surface area contributed by atoms with Gasteiger partial charge in [0.2, 0.25) is 0 Å². The van der Waals surface area contributed by atoms with Crippen LogP contribution in [0.25, 0.3) is 0 Å². The molecule has 2 atom stereocenters. The number of phenolic OH excluding ortho intramolecular Hbond substituents is 1. The van der Waals surface area contributed by atoms with Gasteiger partial charge in [0.15, 0.2) is 6.10 Å². The molecular formula is C27H25Br2NO6S. The van der Waals surface area contributed by atoms with Gasteiger partial charge >= 0.3 is 12.1 Å². The maximum atomic E-state index is 13.0. The number of aromatic hydroxyl groups is 1. The number of allylic oxidation sites excluding steroid dienone is 1. The number of hydrogen-bond acceptors (Lipinski definition) is 6. The van der Waals surface area contributed by atoms with Crippen molar-refractivity contribution < 1.29 is 29.3 Å². The number of thioether (sulfide) groups is 1. The Morgan fingerprint density at radius 3 is 2.43 bits per heavy atom. The molecule has 1 amide bonds. The maximum Gasteiger partial charge on any atom is 0.412 e. The van der Waals surface area contributed by atoms with Crippen molar-refractivity contribution in [3.63, 3.8) is 0 Å². The van der Waals surface area contributed by atoms with Gasteiger partial charge in [0.25, 0.3) is 0 Å². The first-order valence-electron chi connectivity index (χ1n) is 11.2. The molecule has 3 N–H and O–H groups in total. The predicted molar refractivity (Wildman–Crippen MR) is 151 cm³/mol. The van der Waals surface area contributed by atoms with Crippen molar-refractivity contribution >= 4 is 61.4 Å². The third-order valence-corrected chi connectivity index (χ3v) is 6.99. The van der Waals surface area contributed by atoms with Crippen LogP contribution in [0.4, 0.5) is 10.5 Å². The van der Waals surface area contributed by atoms with Crippen LogP contribution in [0, 0.1) is 0 Å². The van der Waals surface area contributed by atoms with Gasteiger partial charge in [-0.3, -0.25) is 5.32 Å². The minimum Gasteiger partial charge on any atom is -0.506 e. The van der Waals surface area contributed by atoms with Crippen LogP contribution in [-0.2, 0) is 9.53 Å². The smallest absolute Gasteiger partial charge is 0.412 e. The van der Waals surface area contributed by atoms with Crippen molar-refractivity contribution in [2.75, 3.05) is 11.6 Å². The lowest BCUT2D eigenvalue weighted by atomic mass is 9.99. The van der Waals surface area contributed by atoms with Crippen molar-refractivity contribution in [2.45, 2.75) is 29.9 Å². The fraction of sp³-hybridized carbons (Fsp3) is 0.185. The molecule has 0 fully saturated rings. The van der Waals surface area contributed by atoms with E-state index in [0.717, 1.165) is 11.0 Å². The van der Waals surface area contributed by atoms with Crippen LogP contribution in [0.15, 0.2) is 92.7 Å². The quantitative estimate of drug-likeness (QED) is 0.144. The third-order valence-electron chi connectivity index (χ3n) is 5.18. The van der Waals surface area contributed by atoms with Crippen LogP contribution in [0.2, 0.25) is 0 Å². The molecule has 10 heteroatoms. The highest BCUT2D eigenvalue weighted by molar-refractivity contribution is 9.11. The molecule has 0 spiro atoms. The van der Waals surface area contributed by atoms with Crippen LogP contribution < -0.4 is 10.1 Å². The number of carboxylic acid groups (broad SMARTS) is 1. The number of aliphatic carboxylic acids is 1. The summed E-state index contributed by atoms with van der Waals surface area (Å²) in [6.45, 7) is 0. The molecule has 0 radical (unpaired) electrons. The van der Waals surface area contributed by atoms with Gasteiger partial charge < -0.3 is 19.7 Å². The van der Waals surface area contributed by atoms with Gasteiger partial charge in [-0.2, -0.15) is 0 Å². The van der Waals surface area contributed by atoms with E-state index in [2.05, 4.69) is 37.2 Å². The van der Waals surface area contributed by atoms with E-state index in [-0.39, 0.29) is 5.75 Å². The number of nitrogens with one attached hydrogen (secondary N) is 1. The molecule has 3 aromatic rings. The summed E-state index contributed by atoms with van der Waals surface area (Å²) in [5, 5.41) is 22.6. The van der Waals surface area contributed by atoms with E-state index in [1.54, 1.807) is 48.2 Å². The summed E-state index contributed by atoms with van der Waals surface area (Å²) >= 11 is 8.35. The molecule has 0 aliphatic carbocycles. The summed E-state index contributed by atoms with van der Waals surface area (Å²) in [4.78, 5) is 25.0. The summed E-state index contributed by atoms with van der Waals surface area (Å²) < 4.78 is 13.2. The second-order valence-corrected chi connectivity index (χ2v) is 10.4. The van der Waals surface area contributed by atoms with Crippen LogP contribution >= 0.6 is 43.6 Å². The van der Waals surface area contributed by atoms with Gasteiger partial charge in [0.05, 0.1) is 4.47 Å². The maximum absolute atomic E-state index is 13.0. The second-order valence-electron chi connectivity index (χ2n) is 7.79. The highest BCUT2D eigenvalue weighted by atomic mass is 79.9. The topological polar surface area (TPSA) is 105 Å². The number of carbonyl (C=O) groups excluding carboxylic acids is 1. The standard InChI is InChI=1S/C27H25Br2NO6S/c1-37-20-13-11-18(12-14-20)30-27(34)36-26(21-15-17(28)16-22(29)25(21)33)23(9-5-6-10-24(31)32)35-19-7-3-2-4-8-19/h2-4,6-8,10-16,23,26,33H,5,9H2,1H3,(H,30,34)(H,31,32)/b10-6+/t23-,26-/m1/s1. The molecule has 0 bridgehead atoms. The number of carboxylic acids is 1. The highest BCUT2D eigenvalue weighted by Crippen LogP contribution is 2.40. The summed E-state index contributed by atoms with van der Waals surface area (Å²) in [6.07, 6.45) is 2.59. The van der Waals surface area contributed by atoms with E-state index in [1.807, 2.05) is 36.6 Å². The summed E-state index contributed by atoms with van der Waals surface area (Å²) in [7, 11) is 0. The summed E-state index contributed by atoms with van der Waals surface area (Å²) in [6, 6.07) is 19.6. The summed E-state index contributed by atoms with van der Waals surface area (Å²) in [5.41, 5.74) is 0.864. The van der Waals surface area contributed by atoms with Crippen molar-refractivity contribution in [1.29, 1.82) is 0 Å². The van der Waals surface area contributed by atoms with Crippen LogP contribution in [0.5, 0.6) is 11.5 Å². The van der Waals surface area contributed by atoms with E-state index in [1.165, 1.54) is 6.08 Å². The number of anilines is 1. The molecule has 0 aromatic heterocycles. The summed E-state index contributed by atoms with van der Waals surface area (Å²) in [5.74, 6) is -0.633. The van der Waals surface area contributed by atoms with Crippen molar-refractivity contribution in [3.8, 4) is 11.5 Å². The van der Waals surface area contributed by atoms with E-state index in [0.29, 0.717) is 38.8 Å². The zero-order valence-electron chi connectivity index (χ0n) is 19.8. The third kappa shape index (κ3) is 8.84. The largest absolute Gasteiger partial charge is 0.506 e. The molecule has 7 nitrogen and oxygen atoms in total. The lowest BCUT2D eigenvalue weighted by Crippen LogP contribution is -2.31. The number of amides is 1.